The summed E-state index contributed by atoms with van der Waals surface area (Å²) in [6, 6.07) is 11.3. The lowest BCUT2D eigenvalue weighted by molar-refractivity contribution is -0.139. The van der Waals surface area contributed by atoms with Crippen molar-refractivity contribution in [1.82, 2.24) is 4.90 Å². The molecule has 0 radical (unpaired) electrons. The predicted octanol–water partition coefficient (Wildman–Crippen LogP) is 4.70. The van der Waals surface area contributed by atoms with Crippen LogP contribution in [-0.2, 0) is 9.59 Å². The van der Waals surface area contributed by atoms with Crippen LogP contribution in [0.1, 0.15) is 44.9 Å². The summed E-state index contributed by atoms with van der Waals surface area (Å²) in [6.07, 6.45) is 0.909. The zero-order valence-electron chi connectivity index (χ0n) is 18.2. The molecule has 0 heterocycles. The van der Waals surface area contributed by atoms with Crippen LogP contribution < -0.4 is 9.47 Å². The summed E-state index contributed by atoms with van der Waals surface area (Å²) in [4.78, 5) is 25.1. The minimum absolute atomic E-state index is 0.107. The Morgan fingerprint density at radius 3 is 2.42 bits per heavy atom. The van der Waals surface area contributed by atoms with E-state index in [9.17, 15) is 14.0 Å². The van der Waals surface area contributed by atoms with Crippen molar-refractivity contribution in [3.63, 3.8) is 0 Å². The number of halogens is 1. The van der Waals surface area contributed by atoms with Crippen molar-refractivity contribution >= 4 is 17.4 Å². The Labute approximate surface area is 181 Å². The summed E-state index contributed by atoms with van der Waals surface area (Å²) in [7, 11) is 0. The third-order valence-corrected chi connectivity index (χ3v) is 4.81. The summed E-state index contributed by atoms with van der Waals surface area (Å²) < 4.78 is 25.4. The molecule has 2 aromatic rings. The quantitative estimate of drug-likeness (QED) is 0.554. The average molecular weight is 429 g/mol. The van der Waals surface area contributed by atoms with Gasteiger partial charge in [-0.15, -0.1) is 0 Å². The normalized spacial score (nSPS) is 12.2. The first-order chi connectivity index (χ1) is 14.8. The van der Waals surface area contributed by atoms with Gasteiger partial charge in [-0.3, -0.25) is 4.79 Å². The Balaban J connectivity index is 2.34. The van der Waals surface area contributed by atoms with Gasteiger partial charge in [0.25, 0.3) is 0 Å². The smallest absolute Gasteiger partial charge is 0.341 e. The molecule has 0 fully saturated rings. The Kier molecular flexibility index (Phi) is 8.61. The number of carboxylic acids is 1. The van der Waals surface area contributed by atoms with Gasteiger partial charge in [-0.2, -0.15) is 0 Å². The predicted molar refractivity (Wildman–Crippen MR) is 117 cm³/mol. The molecule has 0 aliphatic heterocycles. The molecule has 6 nitrogen and oxygen atoms in total. The maximum Gasteiger partial charge on any atom is 0.341 e. The molecule has 1 unspecified atom stereocenters. The molecule has 0 bridgehead atoms. The Hall–Kier alpha value is -3.35. The van der Waals surface area contributed by atoms with E-state index in [1.54, 1.807) is 55.1 Å². The van der Waals surface area contributed by atoms with Crippen LogP contribution in [0.25, 0.3) is 5.57 Å². The van der Waals surface area contributed by atoms with Crippen LogP contribution in [0.15, 0.2) is 48.5 Å². The number of amides is 1. The first-order valence-corrected chi connectivity index (χ1v) is 10.1. The van der Waals surface area contributed by atoms with E-state index in [0.29, 0.717) is 29.8 Å². The highest BCUT2D eigenvalue weighted by Gasteiger charge is 2.17. The van der Waals surface area contributed by atoms with Gasteiger partial charge in [0.15, 0.2) is 18.1 Å². The molecule has 1 amide bonds. The standard InChI is InChI=1S/C24H28FNO5/c1-5-26(6-2)23(27)13-16(3)18-11-12-21(22(14-18)30-15-24(28)29)31-17(4)19-9-7-8-10-20(19)25/h7-14,17H,5-6,15H2,1-4H3,(H,28,29). The van der Waals surface area contributed by atoms with Gasteiger partial charge in [0.2, 0.25) is 5.91 Å². The van der Waals surface area contributed by atoms with Gasteiger partial charge in [0, 0.05) is 24.7 Å². The number of benzene rings is 2. The van der Waals surface area contributed by atoms with Crippen LogP contribution in [0, 0.1) is 5.82 Å². The number of carbonyl (C=O) groups is 2. The molecule has 0 aromatic heterocycles. The lowest BCUT2D eigenvalue weighted by atomic mass is 10.1. The van der Waals surface area contributed by atoms with E-state index in [1.807, 2.05) is 13.8 Å². The van der Waals surface area contributed by atoms with Crippen LogP contribution in [0.5, 0.6) is 11.5 Å². The average Bonchev–Trinajstić information content (AvgIpc) is 2.73. The highest BCUT2D eigenvalue weighted by atomic mass is 19.1. The van der Waals surface area contributed by atoms with Gasteiger partial charge in [-0.1, -0.05) is 24.3 Å². The van der Waals surface area contributed by atoms with Crippen LogP contribution in [0.4, 0.5) is 4.39 Å². The molecular weight excluding hydrogens is 401 g/mol. The third kappa shape index (κ3) is 6.57. The number of ether oxygens (including phenoxy) is 2. The van der Waals surface area contributed by atoms with Crippen LogP contribution in [0.3, 0.4) is 0 Å². The van der Waals surface area contributed by atoms with Gasteiger partial charge in [0.05, 0.1) is 0 Å². The minimum atomic E-state index is -1.14. The zero-order chi connectivity index (χ0) is 23.0. The van der Waals surface area contributed by atoms with Gasteiger partial charge in [-0.05, 0) is 57.0 Å². The number of carbonyl (C=O) groups excluding carboxylic acids is 1. The first-order valence-electron chi connectivity index (χ1n) is 10.1. The second-order valence-electron chi connectivity index (χ2n) is 6.96. The second-order valence-corrected chi connectivity index (χ2v) is 6.96. The fourth-order valence-corrected chi connectivity index (χ4v) is 3.06. The van der Waals surface area contributed by atoms with Crippen molar-refractivity contribution in [1.29, 1.82) is 0 Å². The highest BCUT2D eigenvalue weighted by Crippen LogP contribution is 2.34. The third-order valence-electron chi connectivity index (χ3n) is 4.81. The fraction of sp³-hybridized carbons (Fsp3) is 0.333. The number of likely N-dealkylation sites (N-methyl/N-ethyl adjacent to an activating group) is 1. The van der Waals surface area contributed by atoms with E-state index >= 15 is 0 Å². The summed E-state index contributed by atoms with van der Waals surface area (Å²) >= 11 is 0. The Morgan fingerprint density at radius 2 is 1.81 bits per heavy atom. The summed E-state index contributed by atoms with van der Waals surface area (Å²) in [5.41, 5.74) is 1.76. The second kappa shape index (κ2) is 11.2. The first kappa shape index (κ1) is 23.9. The molecule has 31 heavy (non-hydrogen) atoms. The molecule has 166 valence electrons. The van der Waals surface area contributed by atoms with E-state index in [1.165, 1.54) is 12.1 Å². The fourth-order valence-electron chi connectivity index (χ4n) is 3.06. The van der Waals surface area contributed by atoms with Gasteiger partial charge < -0.3 is 19.5 Å². The number of aliphatic carboxylic acids is 1. The lowest BCUT2D eigenvalue weighted by Crippen LogP contribution is -2.28. The molecular formula is C24H28FNO5. The van der Waals surface area contributed by atoms with Crippen molar-refractivity contribution in [3.8, 4) is 11.5 Å². The maximum atomic E-state index is 14.1. The Bertz CT molecular complexity index is 953. The SMILES string of the molecule is CCN(CC)C(=O)C=C(C)c1ccc(OC(C)c2ccccc2F)c(OCC(=O)O)c1. The van der Waals surface area contributed by atoms with Crippen LogP contribution in [-0.4, -0.2) is 41.6 Å². The molecule has 0 spiro atoms. The lowest BCUT2D eigenvalue weighted by Gasteiger charge is -2.19. The maximum absolute atomic E-state index is 14.1. The molecule has 0 aliphatic carbocycles. The molecule has 0 saturated carbocycles. The molecule has 0 saturated heterocycles. The molecule has 2 rings (SSSR count). The molecule has 0 aliphatic rings. The number of rotatable bonds is 10. The number of nitrogens with zero attached hydrogens (tertiary/aromatic N) is 1. The number of carboxylic acid groups (broad SMARTS) is 1. The monoisotopic (exact) mass is 429 g/mol. The van der Waals surface area contributed by atoms with E-state index in [-0.39, 0.29) is 17.4 Å². The van der Waals surface area contributed by atoms with Crippen molar-refractivity contribution in [2.45, 2.75) is 33.8 Å². The minimum Gasteiger partial charge on any atom is -0.482 e. The molecule has 1 atom stereocenters. The van der Waals surface area contributed by atoms with Crippen LogP contribution in [0.2, 0.25) is 0 Å². The van der Waals surface area contributed by atoms with Crippen molar-refractivity contribution < 1.29 is 28.6 Å². The number of hydrogen-bond donors (Lipinski definition) is 1. The number of hydrogen-bond acceptors (Lipinski definition) is 4. The Morgan fingerprint density at radius 1 is 1.13 bits per heavy atom. The van der Waals surface area contributed by atoms with Crippen molar-refractivity contribution in [3.05, 3.63) is 65.5 Å². The summed E-state index contributed by atoms with van der Waals surface area (Å²) in [6.45, 7) is 7.95. The van der Waals surface area contributed by atoms with Gasteiger partial charge in [0.1, 0.15) is 11.9 Å². The van der Waals surface area contributed by atoms with Crippen molar-refractivity contribution in [2.24, 2.45) is 0 Å². The van der Waals surface area contributed by atoms with Gasteiger partial charge in [-0.25, -0.2) is 9.18 Å². The summed E-state index contributed by atoms with van der Waals surface area (Å²) in [5.74, 6) is -1.16. The van der Waals surface area contributed by atoms with E-state index in [0.717, 1.165) is 0 Å². The molecule has 1 N–H and O–H groups in total. The zero-order valence-corrected chi connectivity index (χ0v) is 18.2. The largest absolute Gasteiger partial charge is 0.482 e. The topological polar surface area (TPSA) is 76.1 Å². The van der Waals surface area contributed by atoms with E-state index < -0.39 is 24.5 Å². The molecule has 2 aromatic carbocycles. The number of allylic oxidation sites excluding steroid dienone is 1. The molecule has 7 heteroatoms. The summed E-state index contributed by atoms with van der Waals surface area (Å²) in [5, 5.41) is 9.00. The van der Waals surface area contributed by atoms with Gasteiger partial charge >= 0.3 is 5.97 Å². The van der Waals surface area contributed by atoms with Crippen LogP contribution >= 0.6 is 0 Å². The van der Waals surface area contributed by atoms with E-state index in [4.69, 9.17) is 14.6 Å². The highest BCUT2D eigenvalue weighted by molar-refractivity contribution is 5.95. The van der Waals surface area contributed by atoms with Crippen molar-refractivity contribution in [2.75, 3.05) is 19.7 Å². The van der Waals surface area contributed by atoms with E-state index in [2.05, 4.69) is 0 Å².